The Morgan fingerprint density at radius 2 is 0.847 bits per heavy atom. The van der Waals surface area contributed by atoms with Crippen molar-refractivity contribution in [1.29, 1.82) is 0 Å². The zero-order chi connectivity index (χ0) is 49.3. The number of rotatable bonds is 14. The number of carbonyl (C=O) groups is 4. The summed E-state index contributed by atoms with van der Waals surface area (Å²) in [7, 11) is 0. The highest BCUT2D eigenvalue weighted by molar-refractivity contribution is 7.14. The molecular weight excluding hydrogens is 945 g/mol. The van der Waals surface area contributed by atoms with Crippen LogP contribution in [0.3, 0.4) is 0 Å². The van der Waals surface area contributed by atoms with Gasteiger partial charge in [-0.15, -0.1) is 0 Å². The quantitative estimate of drug-likeness (QED) is 0.0957. The standard InChI is InChI=1S/2C28H38N4O3S/c2*33-27(24-18-9-10-19(15-18)25(24)28(34)35)29-16-20-5-1-2-6-21(20)17-31-11-13-32(14-12-31)26-22-7-3-4-8-23(22)36-30-26/h2*3-4,7-8,18-21,24-25H,1-2,5-6,9-17H2,(H,29,33)(H,34,35)/t18-,19+,20+,21+,24+,25-;18-,19+,20-,21-,24+,25-/m10/s1. The number of carboxylic acids is 2. The fourth-order valence-electron chi connectivity index (χ4n) is 15.5. The molecule has 0 unspecified atom stereocenters. The van der Waals surface area contributed by atoms with Crippen LogP contribution in [-0.4, -0.2) is 131 Å². The van der Waals surface area contributed by atoms with Crippen molar-refractivity contribution in [2.45, 2.75) is 89.9 Å². The SMILES string of the molecule is O=C(NC[C@@H]1CCCC[C@H]1CN1CCN(c2nsc3ccccc23)CC1)[C@@H]1[C@H]2CC[C@H](C2)[C@@H]1C(=O)O.O=C(O)[C@@H]1[C@H]2CC[C@H](C2)[C@@H]1C(=O)NC[C@@H]1CCCC[C@H]1CN1CCN(c2nsc3ccccc23)CC1. The Morgan fingerprint density at radius 3 is 1.24 bits per heavy atom. The van der Waals surface area contributed by atoms with E-state index >= 15 is 0 Å². The number of hydrogen-bond acceptors (Lipinski definition) is 12. The molecule has 14 nitrogen and oxygen atoms in total. The first-order valence-corrected chi connectivity index (χ1v) is 29.4. The highest BCUT2D eigenvalue weighted by Gasteiger charge is 2.55. The zero-order valence-electron chi connectivity index (χ0n) is 42.0. The van der Waals surface area contributed by atoms with Gasteiger partial charge in [-0.25, -0.2) is 0 Å². The maximum Gasteiger partial charge on any atom is 0.307 e. The molecule has 4 bridgehead atoms. The summed E-state index contributed by atoms with van der Waals surface area (Å²) in [6.45, 7) is 11.8. The molecule has 4 heterocycles. The van der Waals surface area contributed by atoms with Crippen molar-refractivity contribution < 1.29 is 29.4 Å². The van der Waals surface area contributed by atoms with Gasteiger partial charge >= 0.3 is 11.9 Å². The van der Waals surface area contributed by atoms with Gasteiger partial charge in [0.05, 0.1) is 33.1 Å². The van der Waals surface area contributed by atoms with Crippen molar-refractivity contribution in [3.8, 4) is 0 Å². The molecule has 16 heteroatoms. The van der Waals surface area contributed by atoms with Gasteiger partial charge in [0.25, 0.3) is 0 Å². The lowest BCUT2D eigenvalue weighted by Crippen LogP contribution is -2.50. The Hall–Kier alpha value is -4.38. The summed E-state index contributed by atoms with van der Waals surface area (Å²) in [5.41, 5.74) is 0. The Bertz CT molecular complexity index is 2370. The number of benzene rings is 2. The predicted molar refractivity (Wildman–Crippen MR) is 284 cm³/mol. The first-order chi connectivity index (χ1) is 35.2. The molecule has 2 aromatic carbocycles. The molecule has 388 valence electrons. The third-order valence-corrected chi connectivity index (χ3v) is 20.9. The van der Waals surface area contributed by atoms with E-state index in [-0.39, 0.29) is 47.3 Å². The van der Waals surface area contributed by atoms with Crippen molar-refractivity contribution in [3.63, 3.8) is 0 Å². The molecule has 0 spiro atoms. The lowest BCUT2D eigenvalue weighted by atomic mass is 9.77. The average molecular weight is 1020 g/mol. The van der Waals surface area contributed by atoms with E-state index in [4.69, 9.17) is 8.75 Å². The third-order valence-electron chi connectivity index (χ3n) is 19.3. The normalized spacial score (nSPS) is 32.7. The lowest BCUT2D eigenvalue weighted by molar-refractivity contribution is -0.149. The van der Waals surface area contributed by atoms with Crippen LogP contribution in [0.1, 0.15) is 89.9 Å². The molecule has 2 aliphatic heterocycles. The Kier molecular flexibility index (Phi) is 15.4. The lowest BCUT2D eigenvalue weighted by Gasteiger charge is -2.40. The number of anilines is 2. The smallest absolute Gasteiger partial charge is 0.307 e. The molecule has 12 atom stereocenters. The van der Waals surface area contributed by atoms with Crippen LogP contribution in [0.2, 0.25) is 0 Å². The fourth-order valence-corrected chi connectivity index (χ4v) is 17.1. The van der Waals surface area contributed by atoms with Gasteiger partial charge in [-0.1, -0.05) is 49.9 Å². The van der Waals surface area contributed by atoms with Crippen molar-refractivity contribution in [2.75, 3.05) is 88.3 Å². The molecule has 4 aromatic rings. The van der Waals surface area contributed by atoms with Crippen molar-refractivity contribution in [3.05, 3.63) is 48.5 Å². The summed E-state index contributed by atoms with van der Waals surface area (Å²) in [4.78, 5) is 60.1. The topological polar surface area (TPSA) is 172 Å². The summed E-state index contributed by atoms with van der Waals surface area (Å²) in [6.07, 6.45) is 15.6. The van der Waals surface area contributed by atoms with Gasteiger partial charge in [-0.2, -0.15) is 8.75 Å². The van der Waals surface area contributed by atoms with E-state index in [1.54, 1.807) is 23.1 Å². The van der Waals surface area contributed by atoms with Gasteiger partial charge in [0, 0.05) is 89.3 Å². The largest absolute Gasteiger partial charge is 0.481 e. The summed E-state index contributed by atoms with van der Waals surface area (Å²) in [5, 5.41) is 28.5. The van der Waals surface area contributed by atoms with Crippen molar-refractivity contribution in [2.24, 2.45) is 71.0 Å². The number of piperazine rings is 2. The number of nitrogens with zero attached hydrogens (tertiary/aromatic N) is 6. The number of carboxylic acid groups (broad SMARTS) is 2. The second-order valence-electron chi connectivity index (χ2n) is 23.1. The van der Waals surface area contributed by atoms with Crippen LogP contribution in [0.4, 0.5) is 11.6 Å². The molecule has 6 saturated carbocycles. The van der Waals surface area contributed by atoms with Gasteiger partial charge < -0.3 is 30.6 Å². The summed E-state index contributed by atoms with van der Waals surface area (Å²) in [5.74, 6) is 2.24. The van der Waals surface area contributed by atoms with Gasteiger partial charge in [-0.05, 0) is 159 Å². The number of aliphatic carboxylic acids is 2. The maximum absolute atomic E-state index is 13.1. The van der Waals surface area contributed by atoms with Crippen LogP contribution in [0, 0.1) is 71.0 Å². The number of aromatic nitrogens is 2. The number of carbonyl (C=O) groups excluding carboxylic acids is 2. The number of hydrogen-bond donors (Lipinski definition) is 4. The average Bonchev–Trinajstić information content (AvgIpc) is 4.29. The summed E-state index contributed by atoms with van der Waals surface area (Å²) < 4.78 is 12.0. The predicted octanol–water partition coefficient (Wildman–Crippen LogP) is 8.18. The monoisotopic (exact) mass is 1020 g/mol. The van der Waals surface area contributed by atoms with E-state index in [1.165, 1.54) is 58.7 Å². The minimum Gasteiger partial charge on any atom is -0.481 e. The Balaban J connectivity index is 0.000000156. The molecule has 2 amide bonds. The molecule has 72 heavy (non-hydrogen) atoms. The van der Waals surface area contributed by atoms with E-state index in [0.29, 0.717) is 36.8 Å². The molecule has 8 fully saturated rings. The van der Waals surface area contributed by atoms with E-state index in [9.17, 15) is 29.4 Å². The Labute approximate surface area is 433 Å². The number of fused-ring (bicyclic) bond motifs is 6. The van der Waals surface area contributed by atoms with Crippen LogP contribution in [-0.2, 0) is 19.2 Å². The first kappa shape index (κ1) is 49.8. The zero-order valence-corrected chi connectivity index (χ0v) is 43.6. The van der Waals surface area contributed by atoms with Crippen molar-refractivity contribution in [1.82, 2.24) is 29.2 Å². The highest BCUT2D eigenvalue weighted by Crippen LogP contribution is 2.53. The van der Waals surface area contributed by atoms with E-state index in [2.05, 4.69) is 78.8 Å². The fraction of sp³-hybridized carbons (Fsp3) is 0.679. The van der Waals surface area contributed by atoms with Gasteiger partial charge in [0.1, 0.15) is 11.6 Å². The van der Waals surface area contributed by atoms with Crippen LogP contribution in [0.5, 0.6) is 0 Å². The number of nitrogens with one attached hydrogen (secondary N) is 2. The van der Waals surface area contributed by atoms with E-state index in [0.717, 1.165) is 128 Å². The maximum atomic E-state index is 13.1. The molecule has 0 radical (unpaired) electrons. The second kappa shape index (κ2) is 22.2. The molecule has 4 N–H and O–H groups in total. The van der Waals surface area contributed by atoms with Gasteiger partial charge in [0.2, 0.25) is 11.8 Å². The minimum absolute atomic E-state index is 0.00280. The first-order valence-electron chi connectivity index (χ1n) is 27.8. The van der Waals surface area contributed by atoms with Crippen LogP contribution in [0.15, 0.2) is 48.5 Å². The molecule has 12 rings (SSSR count). The van der Waals surface area contributed by atoms with Crippen LogP contribution >= 0.6 is 23.1 Å². The Morgan fingerprint density at radius 1 is 0.486 bits per heavy atom. The third kappa shape index (κ3) is 10.5. The summed E-state index contributed by atoms with van der Waals surface area (Å²) >= 11 is 3.17. The van der Waals surface area contributed by atoms with Gasteiger partial charge in [-0.3, -0.25) is 29.0 Å². The van der Waals surface area contributed by atoms with Crippen molar-refractivity contribution >= 4 is 78.6 Å². The van der Waals surface area contributed by atoms with Crippen LogP contribution < -0.4 is 20.4 Å². The van der Waals surface area contributed by atoms with Gasteiger partial charge in [0.15, 0.2) is 0 Å². The van der Waals surface area contributed by atoms with Crippen LogP contribution in [0.25, 0.3) is 20.2 Å². The molecule has 8 aliphatic rings. The van der Waals surface area contributed by atoms with E-state index < -0.39 is 23.8 Å². The second-order valence-corrected chi connectivity index (χ2v) is 24.7. The highest BCUT2D eigenvalue weighted by atomic mass is 32.1. The summed E-state index contributed by atoms with van der Waals surface area (Å²) in [6, 6.07) is 17.0. The number of amides is 2. The van der Waals surface area contributed by atoms with E-state index in [1.807, 2.05) is 0 Å². The molecule has 6 aliphatic carbocycles. The minimum atomic E-state index is -0.775. The molecule has 2 aromatic heterocycles. The molecule has 2 saturated heterocycles. The molecular formula is C56H76N8O6S2.